The molecule has 2 N–H and O–H groups in total. The smallest absolute Gasteiger partial charge is 0.213 e. The molecule has 176 valence electrons. The summed E-state index contributed by atoms with van der Waals surface area (Å²) in [5.74, 6) is 0.669. The summed E-state index contributed by atoms with van der Waals surface area (Å²) in [6.07, 6.45) is -0.0323. The van der Waals surface area contributed by atoms with Crippen LogP contribution in [0.3, 0.4) is 0 Å². The summed E-state index contributed by atoms with van der Waals surface area (Å²) in [5.41, 5.74) is 3.31. The van der Waals surface area contributed by atoms with E-state index in [-0.39, 0.29) is 48.9 Å². The molecule has 3 rings (SSSR count). The number of nitrogens with one attached hydrogen (secondary N) is 2. The van der Waals surface area contributed by atoms with Crippen molar-refractivity contribution in [3.8, 4) is 0 Å². The van der Waals surface area contributed by atoms with Gasteiger partial charge in [-0.25, -0.2) is 13.1 Å². The number of sulfonamides is 1. The number of ether oxygens (including phenoxy) is 1. The number of hydrogen-bond acceptors (Lipinski definition) is 4. The van der Waals surface area contributed by atoms with Crippen LogP contribution in [0.1, 0.15) is 29.7 Å². The van der Waals surface area contributed by atoms with Crippen LogP contribution < -0.4 is 10.0 Å². The first kappa shape index (κ1) is 26.6. The zero-order chi connectivity index (χ0) is 22.1. The maximum Gasteiger partial charge on any atom is 0.213 e. The normalized spacial score (nSPS) is 17.0. The van der Waals surface area contributed by atoms with Crippen LogP contribution in [0.5, 0.6) is 0 Å². The van der Waals surface area contributed by atoms with E-state index in [1.54, 1.807) is 0 Å². The standard InChI is InChI=1S/C23H32N4O3S.HI/c1-3-24-23(25-13-16-31(28,29)26-17-20-10-5-4-6-11-20)27-14-15-30-22(18-27)21-12-8-7-9-19(21)2;/h4-12,22,26H,3,13-18H2,1-2H3,(H,24,25);1H. The minimum absolute atomic E-state index is 0. The maximum atomic E-state index is 12.4. The first-order valence-corrected chi connectivity index (χ1v) is 12.4. The summed E-state index contributed by atoms with van der Waals surface area (Å²) in [4.78, 5) is 6.73. The molecule has 7 nitrogen and oxygen atoms in total. The van der Waals surface area contributed by atoms with Gasteiger partial charge in [-0.15, -0.1) is 24.0 Å². The second-order valence-electron chi connectivity index (χ2n) is 7.52. The van der Waals surface area contributed by atoms with Gasteiger partial charge < -0.3 is 15.0 Å². The number of aryl methyl sites for hydroxylation is 1. The molecule has 1 heterocycles. The average Bonchev–Trinajstić information content (AvgIpc) is 2.78. The van der Waals surface area contributed by atoms with Crippen molar-refractivity contribution in [1.82, 2.24) is 14.9 Å². The molecule has 1 fully saturated rings. The van der Waals surface area contributed by atoms with Crippen molar-refractivity contribution < 1.29 is 13.2 Å². The number of aliphatic imine (C=N–C) groups is 1. The van der Waals surface area contributed by atoms with Gasteiger partial charge in [-0.2, -0.15) is 0 Å². The molecule has 2 aromatic carbocycles. The minimum atomic E-state index is -3.41. The third kappa shape index (κ3) is 8.02. The van der Waals surface area contributed by atoms with Crippen LogP contribution in [0.4, 0.5) is 0 Å². The van der Waals surface area contributed by atoms with Crippen molar-refractivity contribution in [2.45, 2.75) is 26.5 Å². The minimum Gasteiger partial charge on any atom is -0.370 e. The van der Waals surface area contributed by atoms with Crippen molar-refractivity contribution in [2.24, 2.45) is 4.99 Å². The SMILES string of the molecule is CCNC(=NCCS(=O)(=O)NCc1ccccc1)N1CCOC(c2ccccc2C)C1.I. The Morgan fingerprint density at radius 2 is 1.88 bits per heavy atom. The summed E-state index contributed by atoms with van der Waals surface area (Å²) in [7, 11) is -3.41. The Morgan fingerprint density at radius 1 is 1.16 bits per heavy atom. The molecule has 0 bridgehead atoms. The largest absolute Gasteiger partial charge is 0.370 e. The quantitative estimate of drug-likeness (QED) is 0.289. The van der Waals surface area contributed by atoms with Crippen LogP contribution in [-0.2, 0) is 21.3 Å². The Labute approximate surface area is 208 Å². The van der Waals surface area contributed by atoms with E-state index in [1.807, 2.05) is 49.4 Å². The zero-order valence-corrected chi connectivity index (χ0v) is 21.8. The van der Waals surface area contributed by atoms with Gasteiger partial charge in [-0.1, -0.05) is 54.6 Å². The van der Waals surface area contributed by atoms with E-state index in [2.05, 4.69) is 39.0 Å². The molecule has 0 spiro atoms. The maximum absolute atomic E-state index is 12.4. The highest BCUT2D eigenvalue weighted by Crippen LogP contribution is 2.24. The monoisotopic (exact) mass is 572 g/mol. The van der Waals surface area contributed by atoms with Crippen LogP contribution in [-0.4, -0.2) is 57.8 Å². The van der Waals surface area contributed by atoms with Gasteiger partial charge in [0.25, 0.3) is 0 Å². The molecule has 1 saturated heterocycles. The molecule has 0 aromatic heterocycles. The number of benzene rings is 2. The Bertz CT molecular complexity index is 970. The highest BCUT2D eigenvalue weighted by Gasteiger charge is 2.25. The van der Waals surface area contributed by atoms with Gasteiger partial charge in [0.05, 0.1) is 25.4 Å². The van der Waals surface area contributed by atoms with Gasteiger partial charge in [-0.3, -0.25) is 4.99 Å². The lowest BCUT2D eigenvalue weighted by Gasteiger charge is -2.35. The molecule has 0 aliphatic carbocycles. The molecule has 1 atom stereocenters. The highest BCUT2D eigenvalue weighted by atomic mass is 127. The molecule has 1 aliphatic rings. The van der Waals surface area contributed by atoms with Gasteiger partial charge in [0.1, 0.15) is 6.10 Å². The summed E-state index contributed by atoms with van der Waals surface area (Å²) >= 11 is 0. The van der Waals surface area contributed by atoms with E-state index < -0.39 is 10.0 Å². The molecular formula is C23H33IN4O3S. The fourth-order valence-corrected chi connectivity index (χ4v) is 4.40. The van der Waals surface area contributed by atoms with Gasteiger partial charge in [0.2, 0.25) is 10.0 Å². The number of nitrogens with zero attached hydrogens (tertiary/aromatic N) is 2. The van der Waals surface area contributed by atoms with Crippen LogP contribution in [0, 0.1) is 6.92 Å². The molecule has 0 saturated carbocycles. The summed E-state index contributed by atoms with van der Waals surface area (Å²) in [6, 6.07) is 17.7. The van der Waals surface area contributed by atoms with Gasteiger partial charge in [-0.05, 0) is 30.5 Å². The highest BCUT2D eigenvalue weighted by molar-refractivity contribution is 14.0. The Balaban J connectivity index is 0.00000363. The molecule has 1 unspecified atom stereocenters. The fourth-order valence-electron chi connectivity index (χ4n) is 3.54. The van der Waals surface area contributed by atoms with Crippen molar-refractivity contribution >= 4 is 40.0 Å². The number of morpholine rings is 1. The lowest BCUT2D eigenvalue weighted by atomic mass is 10.0. The fraction of sp³-hybridized carbons (Fsp3) is 0.435. The van der Waals surface area contributed by atoms with Crippen LogP contribution in [0.15, 0.2) is 59.6 Å². The summed E-state index contributed by atoms with van der Waals surface area (Å²) in [6.45, 7) is 7.28. The second kappa shape index (κ2) is 13.1. The molecule has 2 aromatic rings. The van der Waals surface area contributed by atoms with Crippen molar-refractivity contribution in [2.75, 3.05) is 38.5 Å². The molecule has 1 aliphatic heterocycles. The van der Waals surface area contributed by atoms with Crippen LogP contribution in [0.2, 0.25) is 0 Å². The lowest BCUT2D eigenvalue weighted by Crippen LogP contribution is -2.48. The van der Waals surface area contributed by atoms with E-state index in [9.17, 15) is 8.42 Å². The van der Waals surface area contributed by atoms with Crippen molar-refractivity contribution in [3.05, 3.63) is 71.3 Å². The van der Waals surface area contributed by atoms with Crippen LogP contribution >= 0.6 is 24.0 Å². The third-order valence-electron chi connectivity index (χ3n) is 5.20. The summed E-state index contributed by atoms with van der Waals surface area (Å²) < 4.78 is 33.4. The molecule has 32 heavy (non-hydrogen) atoms. The van der Waals surface area contributed by atoms with Crippen molar-refractivity contribution in [3.63, 3.8) is 0 Å². The van der Waals surface area contributed by atoms with E-state index in [0.29, 0.717) is 26.2 Å². The summed E-state index contributed by atoms with van der Waals surface area (Å²) in [5, 5.41) is 3.29. The Morgan fingerprint density at radius 3 is 2.59 bits per heavy atom. The van der Waals surface area contributed by atoms with E-state index >= 15 is 0 Å². The molecule has 9 heteroatoms. The third-order valence-corrected chi connectivity index (χ3v) is 6.50. The van der Waals surface area contributed by atoms with Gasteiger partial charge >= 0.3 is 0 Å². The first-order chi connectivity index (χ1) is 15.0. The first-order valence-electron chi connectivity index (χ1n) is 10.7. The number of halogens is 1. The lowest BCUT2D eigenvalue weighted by molar-refractivity contribution is -0.00831. The van der Waals surface area contributed by atoms with Crippen LogP contribution in [0.25, 0.3) is 0 Å². The topological polar surface area (TPSA) is 83.0 Å². The van der Waals surface area contributed by atoms with Gasteiger partial charge in [0.15, 0.2) is 5.96 Å². The number of hydrogen-bond donors (Lipinski definition) is 2. The predicted molar refractivity (Wildman–Crippen MR) is 140 cm³/mol. The van der Waals surface area contributed by atoms with E-state index in [1.165, 1.54) is 11.1 Å². The average molecular weight is 573 g/mol. The van der Waals surface area contributed by atoms with Crippen molar-refractivity contribution in [1.29, 1.82) is 0 Å². The van der Waals surface area contributed by atoms with Gasteiger partial charge in [0, 0.05) is 19.6 Å². The molecular weight excluding hydrogens is 539 g/mol. The Kier molecular flexibility index (Phi) is 10.9. The second-order valence-corrected chi connectivity index (χ2v) is 9.45. The van der Waals surface area contributed by atoms with E-state index in [4.69, 9.17) is 4.74 Å². The van der Waals surface area contributed by atoms with E-state index in [0.717, 1.165) is 11.5 Å². The Hall–Kier alpha value is -1.69. The predicted octanol–water partition coefficient (Wildman–Crippen LogP) is 3.07. The molecule has 0 amide bonds. The zero-order valence-electron chi connectivity index (χ0n) is 18.7. The molecule has 0 radical (unpaired) electrons. The number of guanidine groups is 1. The number of rotatable bonds is 8.